The number of sulfonamides is 1. The Balaban J connectivity index is 1.66. The monoisotopic (exact) mass is 432 g/mol. The molecule has 1 aliphatic heterocycles. The average molecular weight is 433 g/mol. The van der Waals surface area contributed by atoms with Gasteiger partial charge in [0.2, 0.25) is 5.91 Å². The Labute approximate surface area is 167 Å². The molecule has 2 aromatic rings. The Morgan fingerprint density at radius 1 is 1.15 bits per heavy atom. The molecule has 3 heterocycles. The van der Waals surface area contributed by atoms with E-state index in [1.807, 2.05) is 19.1 Å². The first kappa shape index (κ1) is 19.8. The molecule has 9 heteroatoms. The molecular weight excluding hydrogens is 412 g/mol. The van der Waals surface area contributed by atoms with E-state index < -0.39 is 10.0 Å². The van der Waals surface area contributed by atoms with Gasteiger partial charge in [0.25, 0.3) is 10.0 Å². The van der Waals surface area contributed by atoms with Crippen molar-refractivity contribution in [3.05, 3.63) is 38.4 Å². The molecule has 0 bridgehead atoms. The minimum Gasteiger partial charge on any atom is -0.338 e. The predicted molar refractivity (Wildman–Crippen MR) is 106 cm³/mol. The van der Waals surface area contributed by atoms with Crippen LogP contribution in [0.3, 0.4) is 0 Å². The number of hydrogen-bond donors (Lipinski definition) is 0. The molecule has 0 aliphatic carbocycles. The number of hydrogen-bond acceptors (Lipinski definition) is 5. The lowest BCUT2D eigenvalue weighted by molar-refractivity contribution is -0.130. The van der Waals surface area contributed by atoms with E-state index >= 15 is 0 Å². The van der Waals surface area contributed by atoms with Crippen molar-refractivity contribution >= 4 is 50.2 Å². The maximum Gasteiger partial charge on any atom is 0.252 e. The van der Waals surface area contributed by atoms with Crippen molar-refractivity contribution in [3.8, 4) is 0 Å². The summed E-state index contributed by atoms with van der Waals surface area (Å²) >= 11 is 8.62. The van der Waals surface area contributed by atoms with E-state index in [-0.39, 0.29) is 12.3 Å². The molecule has 0 saturated carbocycles. The zero-order valence-electron chi connectivity index (χ0n) is 14.5. The number of likely N-dealkylation sites (N-methyl/N-ethyl adjacent to an activating group) is 1. The Morgan fingerprint density at radius 3 is 2.46 bits per heavy atom. The van der Waals surface area contributed by atoms with E-state index in [9.17, 15) is 13.2 Å². The second kappa shape index (κ2) is 8.39. The van der Waals surface area contributed by atoms with Crippen LogP contribution in [-0.2, 0) is 27.8 Å². The normalized spacial score (nSPS) is 15.5. The van der Waals surface area contributed by atoms with Gasteiger partial charge >= 0.3 is 0 Å². The number of thiophene rings is 2. The summed E-state index contributed by atoms with van der Waals surface area (Å²) in [5.41, 5.74) is 0. The Morgan fingerprint density at radius 2 is 1.85 bits per heavy atom. The minimum atomic E-state index is -3.41. The van der Waals surface area contributed by atoms with Crippen LogP contribution >= 0.6 is 34.3 Å². The first-order chi connectivity index (χ1) is 12.4. The zero-order chi connectivity index (χ0) is 18.7. The Bertz CT molecular complexity index is 869. The van der Waals surface area contributed by atoms with E-state index in [1.165, 1.54) is 27.0 Å². The molecule has 0 radical (unpaired) electrons. The summed E-state index contributed by atoms with van der Waals surface area (Å²) in [6.07, 6.45) is 2.04. The van der Waals surface area contributed by atoms with Gasteiger partial charge in [-0.15, -0.1) is 22.7 Å². The van der Waals surface area contributed by atoms with Crippen LogP contribution in [-0.4, -0.2) is 43.2 Å². The lowest BCUT2D eigenvalue weighted by atomic mass is 10.3. The topological polar surface area (TPSA) is 57.7 Å². The molecule has 0 N–H and O–H groups in total. The quantitative estimate of drug-likeness (QED) is 0.667. The van der Waals surface area contributed by atoms with Crippen LogP contribution in [0.2, 0.25) is 4.34 Å². The molecule has 1 fully saturated rings. The molecule has 2 aromatic heterocycles. The second-order valence-corrected chi connectivity index (χ2v) is 11.3. The SMILES string of the molecule is CCN(Cc1ccc(Cl)s1)C(=O)Cc1ccc(S(=O)(=O)N2CCCC2)s1. The largest absolute Gasteiger partial charge is 0.338 e. The van der Waals surface area contributed by atoms with E-state index in [0.717, 1.165) is 22.6 Å². The number of carbonyl (C=O) groups excluding carboxylic acids is 1. The maximum absolute atomic E-state index is 12.6. The van der Waals surface area contributed by atoms with Gasteiger partial charge in [-0.1, -0.05) is 11.6 Å². The molecule has 26 heavy (non-hydrogen) atoms. The Kier molecular flexibility index (Phi) is 6.40. The highest BCUT2D eigenvalue weighted by Gasteiger charge is 2.28. The number of rotatable bonds is 7. The molecule has 5 nitrogen and oxygen atoms in total. The van der Waals surface area contributed by atoms with Crippen molar-refractivity contribution in [2.75, 3.05) is 19.6 Å². The summed E-state index contributed by atoms with van der Waals surface area (Å²) in [7, 11) is -3.41. The van der Waals surface area contributed by atoms with E-state index in [4.69, 9.17) is 11.6 Å². The summed E-state index contributed by atoms with van der Waals surface area (Å²) in [5.74, 6) is -0.0102. The number of amides is 1. The average Bonchev–Trinajstić information content (AvgIpc) is 3.34. The van der Waals surface area contributed by atoms with Gasteiger partial charge in [0.15, 0.2) is 0 Å². The highest BCUT2D eigenvalue weighted by Crippen LogP contribution is 2.28. The molecule has 1 saturated heterocycles. The predicted octanol–water partition coefficient (Wildman–Crippen LogP) is 3.84. The number of nitrogens with zero attached hydrogens (tertiary/aromatic N) is 2. The number of carbonyl (C=O) groups is 1. The van der Waals surface area contributed by atoms with Crippen molar-refractivity contribution in [2.24, 2.45) is 0 Å². The van der Waals surface area contributed by atoms with Crippen molar-refractivity contribution in [2.45, 2.75) is 36.9 Å². The molecular formula is C17H21ClN2O3S3. The molecule has 3 rings (SSSR count). The maximum atomic E-state index is 12.6. The summed E-state index contributed by atoms with van der Waals surface area (Å²) in [6, 6.07) is 7.13. The van der Waals surface area contributed by atoms with Gasteiger partial charge in [-0.3, -0.25) is 4.79 Å². The fourth-order valence-electron chi connectivity index (χ4n) is 2.91. The zero-order valence-corrected chi connectivity index (χ0v) is 17.7. The van der Waals surface area contributed by atoms with Crippen LogP contribution in [0, 0.1) is 0 Å². The molecule has 0 aromatic carbocycles. The molecule has 1 amide bonds. The lowest BCUT2D eigenvalue weighted by Crippen LogP contribution is -2.31. The first-order valence-electron chi connectivity index (χ1n) is 8.51. The van der Waals surface area contributed by atoms with E-state index in [0.29, 0.717) is 34.7 Å². The van der Waals surface area contributed by atoms with Crippen molar-refractivity contribution in [1.82, 2.24) is 9.21 Å². The number of halogens is 1. The summed E-state index contributed by atoms with van der Waals surface area (Å²) < 4.78 is 27.8. The van der Waals surface area contributed by atoms with Crippen LogP contribution in [0.1, 0.15) is 29.5 Å². The Hall–Kier alpha value is -0.930. The molecule has 1 aliphatic rings. The van der Waals surface area contributed by atoms with Crippen LogP contribution in [0.4, 0.5) is 0 Å². The highest BCUT2D eigenvalue weighted by molar-refractivity contribution is 7.91. The molecule has 0 unspecified atom stereocenters. The summed E-state index contributed by atoms with van der Waals surface area (Å²) in [5, 5.41) is 0. The van der Waals surface area contributed by atoms with Gasteiger partial charge < -0.3 is 4.90 Å². The smallest absolute Gasteiger partial charge is 0.252 e. The van der Waals surface area contributed by atoms with Crippen molar-refractivity contribution in [1.29, 1.82) is 0 Å². The molecule has 0 spiro atoms. The van der Waals surface area contributed by atoms with Gasteiger partial charge in [-0.05, 0) is 44.0 Å². The van der Waals surface area contributed by atoms with Crippen LogP contribution in [0.15, 0.2) is 28.5 Å². The van der Waals surface area contributed by atoms with Crippen molar-refractivity contribution in [3.63, 3.8) is 0 Å². The van der Waals surface area contributed by atoms with E-state index in [1.54, 1.807) is 17.0 Å². The summed E-state index contributed by atoms with van der Waals surface area (Å²) in [4.78, 5) is 16.2. The van der Waals surface area contributed by atoms with Gasteiger partial charge in [0.1, 0.15) is 4.21 Å². The third kappa shape index (κ3) is 4.48. The van der Waals surface area contributed by atoms with E-state index in [2.05, 4.69) is 0 Å². The second-order valence-electron chi connectivity index (χ2n) is 6.12. The van der Waals surface area contributed by atoms with Gasteiger partial charge in [-0.2, -0.15) is 4.31 Å². The van der Waals surface area contributed by atoms with Crippen LogP contribution < -0.4 is 0 Å². The third-order valence-electron chi connectivity index (χ3n) is 4.33. The van der Waals surface area contributed by atoms with Gasteiger partial charge in [0, 0.05) is 29.4 Å². The standard InChI is InChI=1S/C17H21ClN2O3S3/c1-2-19(12-14-5-7-15(18)24-14)16(21)11-13-6-8-17(25-13)26(22,23)20-9-3-4-10-20/h5-8H,2-4,9-12H2,1H3. The molecule has 0 atom stereocenters. The fraction of sp³-hybridized carbons (Fsp3) is 0.471. The van der Waals surface area contributed by atoms with Gasteiger partial charge in [-0.25, -0.2) is 8.42 Å². The minimum absolute atomic E-state index is 0.0102. The molecule has 142 valence electrons. The lowest BCUT2D eigenvalue weighted by Gasteiger charge is -2.19. The van der Waals surface area contributed by atoms with Crippen molar-refractivity contribution < 1.29 is 13.2 Å². The van der Waals surface area contributed by atoms with Crippen LogP contribution in [0.5, 0.6) is 0 Å². The fourth-order valence-corrected chi connectivity index (χ4v) is 7.03. The highest BCUT2D eigenvalue weighted by atomic mass is 35.5. The van der Waals surface area contributed by atoms with Gasteiger partial charge in [0.05, 0.1) is 17.3 Å². The summed E-state index contributed by atoms with van der Waals surface area (Å²) in [6.45, 7) is 4.23. The third-order valence-corrected chi connectivity index (χ3v) is 9.00. The van der Waals surface area contributed by atoms with Crippen LogP contribution in [0.25, 0.3) is 0 Å². The first-order valence-corrected chi connectivity index (χ1v) is 12.0.